The van der Waals surface area contributed by atoms with Gasteiger partial charge in [0.05, 0.1) is 0 Å². The first kappa shape index (κ1) is 11.7. The predicted molar refractivity (Wildman–Crippen MR) is 65.3 cm³/mol. The van der Waals surface area contributed by atoms with Crippen LogP contribution in [-0.2, 0) is 6.42 Å². The molecule has 2 aromatic rings. The predicted octanol–water partition coefficient (Wildman–Crippen LogP) is 3.14. The van der Waals surface area contributed by atoms with Crippen molar-refractivity contribution in [2.75, 3.05) is 5.32 Å². The Hall–Kier alpha value is -1.81. The number of aryl methyl sites for hydroxylation is 1. The summed E-state index contributed by atoms with van der Waals surface area (Å²) in [6.07, 6.45) is 2.28. The number of hydrogen-bond acceptors (Lipinski definition) is 3. The molecule has 2 heterocycles. The lowest BCUT2D eigenvalue weighted by molar-refractivity contribution is 0.0994. The van der Waals surface area contributed by atoms with E-state index in [0.29, 0.717) is 10.8 Å². The maximum atomic E-state index is 11.8. The third-order valence-electron chi connectivity index (χ3n) is 2.20. The van der Waals surface area contributed by atoms with Crippen molar-refractivity contribution in [1.82, 2.24) is 4.98 Å². The molecule has 0 aliphatic heterocycles. The van der Waals surface area contributed by atoms with Gasteiger partial charge in [-0.2, -0.15) is 0 Å². The number of aromatic nitrogens is 1. The van der Waals surface area contributed by atoms with Crippen LogP contribution in [0.3, 0.4) is 0 Å². The molecule has 5 heteroatoms. The molecular weight excluding hydrogens is 240 g/mol. The molecule has 0 atom stereocenters. The minimum atomic E-state index is -0.334. The minimum absolute atomic E-state index is 0.267. The van der Waals surface area contributed by atoms with Crippen LogP contribution in [0, 0.1) is 0 Å². The fourth-order valence-corrected chi connectivity index (χ4v) is 1.50. The highest BCUT2D eigenvalue weighted by Gasteiger charge is 2.11. The summed E-state index contributed by atoms with van der Waals surface area (Å²) in [6.45, 7) is 1.96. The Morgan fingerprint density at radius 3 is 2.94 bits per heavy atom. The lowest BCUT2D eigenvalue weighted by atomic mass is 10.3. The molecule has 17 heavy (non-hydrogen) atoms. The summed E-state index contributed by atoms with van der Waals surface area (Å²) in [7, 11) is 0. The molecule has 0 saturated heterocycles. The largest absolute Gasteiger partial charge is 0.456 e. The van der Waals surface area contributed by atoms with Gasteiger partial charge in [-0.1, -0.05) is 18.5 Å². The van der Waals surface area contributed by atoms with Crippen molar-refractivity contribution in [3.63, 3.8) is 0 Å². The average Bonchev–Trinajstić information content (AvgIpc) is 2.77. The second-order valence-corrected chi connectivity index (χ2v) is 3.87. The summed E-state index contributed by atoms with van der Waals surface area (Å²) in [4.78, 5) is 15.7. The van der Waals surface area contributed by atoms with Crippen molar-refractivity contribution in [3.05, 3.63) is 47.0 Å². The van der Waals surface area contributed by atoms with E-state index in [1.54, 1.807) is 24.3 Å². The maximum Gasteiger partial charge on any atom is 0.292 e. The number of nitrogens with zero attached hydrogens (tertiary/aromatic N) is 1. The standard InChI is InChI=1S/C12H11ClN2O2/c1-2-9-3-4-10(17-9)12(16)15-11-7-8(13)5-6-14-11/h3-7H,2H2,1H3,(H,14,15,16). The Labute approximate surface area is 104 Å². The van der Waals surface area contributed by atoms with Gasteiger partial charge in [-0.05, 0) is 24.3 Å². The molecule has 2 aromatic heterocycles. The van der Waals surface area contributed by atoms with Gasteiger partial charge < -0.3 is 9.73 Å². The highest BCUT2D eigenvalue weighted by molar-refractivity contribution is 6.30. The van der Waals surface area contributed by atoms with Gasteiger partial charge in [0.1, 0.15) is 11.6 Å². The molecule has 88 valence electrons. The quantitative estimate of drug-likeness (QED) is 0.910. The van der Waals surface area contributed by atoms with E-state index < -0.39 is 0 Å². The van der Waals surface area contributed by atoms with Crippen LogP contribution in [0.1, 0.15) is 23.2 Å². The number of halogens is 1. The number of anilines is 1. The number of carbonyl (C=O) groups excluding carboxylic acids is 1. The molecule has 0 radical (unpaired) electrons. The molecule has 0 bridgehead atoms. The molecule has 0 unspecified atom stereocenters. The highest BCUT2D eigenvalue weighted by atomic mass is 35.5. The first-order valence-corrected chi connectivity index (χ1v) is 5.58. The monoisotopic (exact) mass is 250 g/mol. The summed E-state index contributed by atoms with van der Waals surface area (Å²) >= 11 is 5.79. The van der Waals surface area contributed by atoms with Crippen LogP contribution in [-0.4, -0.2) is 10.9 Å². The number of amides is 1. The summed E-state index contributed by atoms with van der Waals surface area (Å²) in [5.74, 6) is 1.11. The van der Waals surface area contributed by atoms with Gasteiger partial charge in [-0.3, -0.25) is 4.79 Å². The molecule has 1 N–H and O–H groups in total. The zero-order valence-electron chi connectivity index (χ0n) is 9.24. The van der Waals surface area contributed by atoms with E-state index in [4.69, 9.17) is 16.0 Å². The molecule has 0 aliphatic rings. The van der Waals surface area contributed by atoms with Crippen LogP contribution in [0.15, 0.2) is 34.9 Å². The molecular formula is C12H11ClN2O2. The van der Waals surface area contributed by atoms with Gasteiger partial charge in [0, 0.05) is 17.6 Å². The number of pyridine rings is 1. The van der Waals surface area contributed by atoms with Gasteiger partial charge in [0.25, 0.3) is 5.91 Å². The van der Waals surface area contributed by atoms with Gasteiger partial charge in [-0.25, -0.2) is 4.98 Å². The lowest BCUT2D eigenvalue weighted by Gasteiger charge is -2.01. The second-order valence-electron chi connectivity index (χ2n) is 3.43. The first-order valence-electron chi connectivity index (χ1n) is 5.20. The fourth-order valence-electron chi connectivity index (χ4n) is 1.34. The molecule has 2 rings (SSSR count). The van der Waals surface area contributed by atoms with Crippen LogP contribution < -0.4 is 5.32 Å². The Kier molecular flexibility index (Phi) is 3.44. The lowest BCUT2D eigenvalue weighted by Crippen LogP contribution is -2.11. The van der Waals surface area contributed by atoms with Crippen molar-refractivity contribution in [2.45, 2.75) is 13.3 Å². The third-order valence-corrected chi connectivity index (χ3v) is 2.43. The summed E-state index contributed by atoms with van der Waals surface area (Å²) in [5.41, 5.74) is 0. The van der Waals surface area contributed by atoms with E-state index in [0.717, 1.165) is 12.2 Å². The Morgan fingerprint density at radius 1 is 1.47 bits per heavy atom. The number of furan rings is 1. The number of carbonyl (C=O) groups is 1. The third kappa shape index (κ3) is 2.85. The van der Waals surface area contributed by atoms with Crippen LogP contribution in [0.2, 0.25) is 5.02 Å². The van der Waals surface area contributed by atoms with Crippen LogP contribution in [0.25, 0.3) is 0 Å². The van der Waals surface area contributed by atoms with E-state index in [-0.39, 0.29) is 11.7 Å². The molecule has 0 aromatic carbocycles. The molecule has 0 saturated carbocycles. The summed E-state index contributed by atoms with van der Waals surface area (Å²) < 4.78 is 5.32. The molecule has 0 fully saturated rings. The minimum Gasteiger partial charge on any atom is -0.456 e. The fraction of sp³-hybridized carbons (Fsp3) is 0.167. The van der Waals surface area contributed by atoms with Crippen molar-refractivity contribution < 1.29 is 9.21 Å². The zero-order valence-corrected chi connectivity index (χ0v) is 9.99. The summed E-state index contributed by atoms with van der Waals surface area (Å²) in [6, 6.07) is 6.63. The number of hydrogen-bond donors (Lipinski definition) is 1. The smallest absolute Gasteiger partial charge is 0.292 e. The first-order chi connectivity index (χ1) is 8.19. The van der Waals surface area contributed by atoms with Gasteiger partial charge in [-0.15, -0.1) is 0 Å². The van der Waals surface area contributed by atoms with E-state index in [1.807, 2.05) is 6.92 Å². The number of nitrogens with one attached hydrogen (secondary N) is 1. The Bertz CT molecular complexity index is 537. The SMILES string of the molecule is CCc1ccc(C(=O)Nc2cc(Cl)ccn2)o1. The summed E-state index contributed by atoms with van der Waals surface area (Å²) in [5, 5.41) is 3.13. The van der Waals surface area contributed by atoms with E-state index in [1.165, 1.54) is 6.20 Å². The van der Waals surface area contributed by atoms with Crippen LogP contribution >= 0.6 is 11.6 Å². The molecule has 1 amide bonds. The van der Waals surface area contributed by atoms with Crippen LogP contribution in [0.4, 0.5) is 5.82 Å². The zero-order chi connectivity index (χ0) is 12.3. The average molecular weight is 251 g/mol. The van der Waals surface area contributed by atoms with Crippen molar-refractivity contribution in [1.29, 1.82) is 0 Å². The second kappa shape index (κ2) is 5.01. The van der Waals surface area contributed by atoms with E-state index >= 15 is 0 Å². The van der Waals surface area contributed by atoms with Crippen molar-refractivity contribution in [2.24, 2.45) is 0 Å². The van der Waals surface area contributed by atoms with Gasteiger partial charge in [0.15, 0.2) is 5.76 Å². The van der Waals surface area contributed by atoms with Crippen molar-refractivity contribution >= 4 is 23.3 Å². The normalized spacial score (nSPS) is 10.2. The molecule has 0 aliphatic carbocycles. The Morgan fingerprint density at radius 2 is 2.29 bits per heavy atom. The van der Waals surface area contributed by atoms with Gasteiger partial charge in [0.2, 0.25) is 0 Å². The molecule has 0 spiro atoms. The van der Waals surface area contributed by atoms with Gasteiger partial charge >= 0.3 is 0 Å². The van der Waals surface area contributed by atoms with Crippen molar-refractivity contribution in [3.8, 4) is 0 Å². The topological polar surface area (TPSA) is 55.1 Å². The maximum absolute atomic E-state index is 11.8. The van der Waals surface area contributed by atoms with E-state index in [9.17, 15) is 4.79 Å². The van der Waals surface area contributed by atoms with E-state index in [2.05, 4.69) is 10.3 Å². The number of rotatable bonds is 3. The molecule has 4 nitrogen and oxygen atoms in total. The Balaban J connectivity index is 2.11. The highest BCUT2D eigenvalue weighted by Crippen LogP contribution is 2.14. The van der Waals surface area contributed by atoms with Crippen LogP contribution in [0.5, 0.6) is 0 Å².